The highest BCUT2D eigenvalue weighted by molar-refractivity contribution is 8.18. The Morgan fingerprint density at radius 1 is 1.00 bits per heavy atom. The van der Waals surface area contributed by atoms with Crippen LogP contribution in [0, 0.1) is 11.6 Å². The van der Waals surface area contributed by atoms with E-state index in [0.29, 0.717) is 40.6 Å². The number of phenolic OH excluding ortho intramolecular Hbond substituents is 1. The summed E-state index contributed by atoms with van der Waals surface area (Å²) in [6, 6.07) is 11.7. The number of nitrogens with one attached hydrogen (secondary N) is 1. The number of hydrogen-bond donors (Lipinski definition) is 2. The number of imide groups is 1. The summed E-state index contributed by atoms with van der Waals surface area (Å²) < 4.78 is 37.4. The Balaban J connectivity index is 1.54. The fourth-order valence-electron chi connectivity index (χ4n) is 3.61. The van der Waals surface area contributed by atoms with Gasteiger partial charge in [-0.25, -0.2) is 8.78 Å². The molecule has 2 N–H and O–H groups in total. The van der Waals surface area contributed by atoms with Crippen molar-refractivity contribution in [3.63, 3.8) is 0 Å². The fraction of sp³-hybridized carbons (Fsp3) is 0.115. The van der Waals surface area contributed by atoms with Crippen molar-refractivity contribution < 1.29 is 37.7 Å². The van der Waals surface area contributed by atoms with Crippen molar-refractivity contribution in [2.45, 2.75) is 6.54 Å². The van der Waals surface area contributed by atoms with Crippen LogP contribution in [0.5, 0.6) is 17.2 Å². The monoisotopic (exact) mass is 526 g/mol. The minimum Gasteiger partial charge on any atom is -0.507 e. The van der Waals surface area contributed by atoms with Gasteiger partial charge in [-0.2, -0.15) is 0 Å². The molecule has 0 bridgehead atoms. The lowest BCUT2D eigenvalue weighted by atomic mass is 10.1. The molecule has 0 unspecified atom stereocenters. The lowest BCUT2D eigenvalue weighted by Gasteiger charge is -2.12. The molecule has 1 aliphatic rings. The lowest BCUT2D eigenvalue weighted by molar-refractivity contribution is -0.123. The van der Waals surface area contributed by atoms with E-state index < -0.39 is 28.7 Å². The van der Waals surface area contributed by atoms with Gasteiger partial charge in [0.15, 0.2) is 11.5 Å². The number of thioether (sulfide) groups is 1. The van der Waals surface area contributed by atoms with Gasteiger partial charge in [0.2, 0.25) is 0 Å². The van der Waals surface area contributed by atoms with Crippen molar-refractivity contribution >= 4 is 40.6 Å². The molecule has 0 aromatic heterocycles. The zero-order valence-electron chi connectivity index (χ0n) is 19.6. The van der Waals surface area contributed by atoms with E-state index in [0.717, 1.165) is 17.0 Å². The maximum atomic E-state index is 13.5. The van der Waals surface area contributed by atoms with Crippen LogP contribution in [0.2, 0.25) is 0 Å². The smallest absolute Gasteiger partial charge is 0.293 e. The number of carbonyl (C=O) groups is 3. The molecule has 0 atom stereocenters. The molecular formula is C26H20F2N2O6S. The number of hydrogen-bond acceptors (Lipinski definition) is 7. The first kappa shape index (κ1) is 25.7. The van der Waals surface area contributed by atoms with E-state index in [9.17, 15) is 28.3 Å². The molecule has 4 rings (SSSR count). The van der Waals surface area contributed by atoms with Crippen molar-refractivity contribution in [2.24, 2.45) is 0 Å². The normalized spacial score (nSPS) is 14.3. The van der Waals surface area contributed by atoms with Crippen LogP contribution >= 0.6 is 11.8 Å². The summed E-state index contributed by atoms with van der Waals surface area (Å²) in [5, 5.41) is 12.3. The maximum Gasteiger partial charge on any atom is 0.293 e. The molecule has 0 radical (unpaired) electrons. The first-order chi connectivity index (χ1) is 17.7. The van der Waals surface area contributed by atoms with E-state index in [4.69, 9.17) is 9.47 Å². The number of anilines is 1. The average Bonchev–Trinajstić information content (AvgIpc) is 3.11. The van der Waals surface area contributed by atoms with Gasteiger partial charge in [0.05, 0.1) is 31.2 Å². The second-order valence-electron chi connectivity index (χ2n) is 7.85. The third-order valence-corrected chi connectivity index (χ3v) is 6.25. The van der Waals surface area contributed by atoms with Crippen molar-refractivity contribution in [3.8, 4) is 17.2 Å². The van der Waals surface area contributed by atoms with Crippen molar-refractivity contribution in [2.75, 3.05) is 19.5 Å². The Bertz CT molecular complexity index is 1420. The van der Waals surface area contributed by atoms with Crippen LogP contribution in [0.15, 0.2) is 59.5 Å². The molecule has 0 spiro atoms. The first-order valence-electron chi connectivity index (χ1n) is 10.7. The van der Waals surface area contributed by atoms with Crippen LogP contribution in [-0.2, 0) is 11.3 Å². The van der Waals surface area contributed by atoms with Gasteiger partial charge in [0, 0.05) is 17.8 Å². The minimum atomic E-state index is -0.819. The van der Waals surface area contributed by atoms with E-state index in [1.54, 1.807) is 18.2 Å². The quantitative estimate of drug-likeness (QED) is 0.409. The van der Waals surface area contributed by atoms with Crippen LogP contribution < -0.4 is 14.8 Å². The predicted octanol–water partition coefficient (Wildman–Crippen LogP) is 5.18. The second kappa shape index (κ2) is 10.7. The number of methoxy groups -OCH3 is 2. The number of carbonyl (C=O) groups excluding carboxylic acids is 3. The SMILES string of the molecule is COc1ccc(NC(=O)c2cc(/C=C3/SC(=O)N(Cc4cc(F)cc(F)c4)C3=O)ccc2O)cc1OC. The van der Waals surface area contributed by atoms with Gasteiger partial charge in [-0.05, 0) is 65.4 Å². The highest BCUT2D eigenvalue weighted by Crippen LogP contribution is 2.34. The molecule has 0 saturated carbocycles. The number of nitrogens with zero attached hydrogens (tertiary/aromatic N) is 1. The molecule has 3 aromatic rings. The molecule has 1 aliphatic heterocycles. The van der Waals surface area contributed by atoms with Gasteiger partial charge >= 0.3 is 0 Å². The number of ether oxygens (including phenoxy) is 2. The Morgan fingerprint density at radius 2 is 1.70 bits per heavy atom. The van der Waals surface area contributed by atoms with Crippen molar-refractivity contribution in [1.29, 1.82) is 0 Å². The third kappa shape index (κ3) is 5.72. The van der Waals surface area contributed by atoms with E-state index >= 15 is 0 Å². The summed E-state index contributed by atoms with van der Waals surface area (Å²) in [6.45, 7) is -0.300. The van der Waals surface area contributed by atoms with Gasteiger partial charge in [0.25, 0.3) is 17.1 Å². The molecule has 0 aliphatic carbocycles. The van der Waals surface area contributed by atoms with Gasteiger partial charge in [0.1, 0.15) is 17.4 Å². The Labute approximate surface area is 214 Å². The van der Waals surface area contributed by atoms with Gasteiger partial charge < -0.3 is 19.9 Å². The standard InChI is InChI=1S/C26H20F2N2O6S/c1-35-21-6-4-18(12-22(21)36-2)29-24(32)19-9-14(3-5-20(19)31)10-23-25(33)30(26(34)37-23)13-15-7-16(27)11-17(28)8-15/h3-12,31H,13H2,1-2H3,(H,29,32)/b23-10+. The van der Waals surface area contributed by atoms with E-state index in [1.165, 1.54) is 38.5 Å². The summed E-state index contributed by atoms with van der Waals surface area (Å²) >= 11 is 0.655. The highest BCUT2D eigenvalue weighted by Gasteiger charge is 2.35. The first-order valence-corrected chi connectivity index (χ1v) is 11.6. The van der Waals surface area contributed by atoms with E-state index in [-0.39, 0.29) is 28.3 Å². The maximum absolute atomic E-state index is 13.5. The molecule has 3 aromatic carbocycles. The number of aromatic hydroxyl groups is 1. The largest absolute Gasteiger partial charge is 0.507 e. The molecule has 3 amide bonds. The molecule has 1 heterocycles. The van der Waals surface area contributed by atoms with Crippen LogP contribution in [0.1, 0.15) is 21.5 Å². The minimum absolute atomic E-state index is 0.0545. The van der Waals surface area contributed by atoms with Crippen molar-refractivity contribution in [1.82, 2.24) is 4.90 Å². The van der Waals surface area contributed by atoms with Crippen LogP contribution in [0.25, 0.3) is 6.08 Å². The lowest BCUT2D eigenvalue weighted by Crippen LogP contribution is -2.27. The fourth-order valence-corrected chi connectivity index (χ4v) is 4.45. The topological polar surface area (TPSA) is 105 Å². The average molecular weight is 527 g/mol. The number of rotatable bonds is 7. The number of halogens is 2. The molecule has 190 valence electrons. The van der Waals surface area contributed by atoms with Crippen LogP contribution in [-0.4, -0.2) is 41.3 Å². The predicted molar refractivity (Wildman–Crippen MR) is 133 cm³/mol. The Kier molecular flexibility index (Phi) is 7.44. The van der Waals surface area contributed by atoms with E-state index in [2.05, 4.69) is 5.32 Å². The summed E-state index contributed by atoms with van der Waals surface area (Å²) in [5.41, 5.74) is 0.817. The molecule has 1 fully saturated rings. The molecule has 11 heteroatoms. The number of amides is 3. The summed E-state index contributed by atoms with van der Waals surface area (Å²) in [6.07, 6.45) is 1.39. The Hall–Kier alpha value is -4.38. The number of benzene rings is 3. The number of phenols is 1. The molecular weight excluding hydrogens is 506 g/mol. The molecule has 1 saturated heterocycles. The van der Waals surface area contributed by atoms with E-state index in [1.807, 2.05) is 0 Å². The van der Waals surface area contributed by atoms with Crippen LogP contribution in [0.4, 0.5) is 19.3 Å². The Morgan fingerprint density at radius 3 is 2.38 bits per heavy atom. The molecule has 8 nitrogen and oxygen atoms in total. The summed E-state index contributed by atoms with van der Waals surface area (Å²) in [7, 11) is 2.94. The third-order valence-electron chi connectivity index (χ3n) is 5.34. The summed E-state index contributed by atoms with van der Waals surface area (Å²) in [5.74, 6) is -2.33. The van der Waals surface area contributed by atoms with Gasteiger partial charge in [-0.1, -0.05) is 6.07 Å². The van der Waals surface area contributed by atoms with Gasteiger partial charge in [-0.15, -0.1) is 0 Å². The van der Waals surface area contributed by atoms with Gasteiger partial charge in [-0.3, -0.25) is 19.3 Å². The summed E-state index contributed by atoms with van der Waals surface area (Å²) in [4.78, 5) is 39.0. The zero-order valence-corrected chi connectivity index (χ0v) is 20.4. The highest BCUT2D eigenvalue weighted by atomic mass is 32.2. The molecule has 37 heavy (non-hydrogen) atoms. The second-order valence-corrected chi connectivity index (χ2v) is 8.84. The van der Waals surface area contributed by atoms with Crippen molar-refractivity contribution in [3.05, 3.63) is 87.8 Å². The zero-order chi connectivity index (χ0) is 26.7. The van der Waals surface area contributed by atoms with Crippen LogP contribution in [0.3, 0.4) is 0 Å².